The number of Topliss-reactive ketones (excluding diaryl/α,β-unsaturated/α-hetero) is 1. The van der Waals surface area contributed by atoms with Gasteiger partial charge in [-0.2, -0.15) is 0 Å². The first-order chi connectivity index (χ1) is 8.10. The van der Waals surface area contributed by atoms with Gasteiger partial charge in [-0.15, -0.1) is 0 Å². The molecule has 0 fully saturated rings. The molecule has 1 aromatic carbocycles. The lowest BCUT2D eigenvalue weighted by Crippen LogP contribution is -2.04. The minimum atomic E-state index is -0.0697. The lowest BCUT2D eigenvalue weighted by molar-refractivity contribution is 0.0960. The van der Waals surface area contributed by atoms with Gasteiger partial charge in [-0.3, -0.25) is 4.79 Å². The quantitative estimate of drug-likeness (QED) is 0.610. The summed E-state index contributed by atoms with van der Waals surface area (Å²) < 4.78 is 9.91. The Morgan fingerprint density at radius 1 is 1.35 bits per heavy atom. The van der Waals surface area contributed by atoms with Gasteiger partial charge in [-0.25, -0.2) is 0 Å². The van der Waals surface area contributed by atoms with Gasteiger partial charge in [0, 0.05) is 26.2 Å². The van der Waals surface area contributed by atoms with Crippen molar-refractivity contribution in [2.45, 2.75) is 19.8 Å². The number of methoxy groups -OCH3 is 2. The summed E-state index contributed by atoms with van der Waals surface area (Å²) in [7, 11) is 3.12. The van der Waals surface area contributed by atoms with Gasteiger partial charge in [0.15, 0.2) is 5.78 Å². The molecule has 0 amide bonds. The third-order valence-electron chi connectivity index (χ3n) is 2.56. The zero-order chi connectivity index (χ0) is 12.8. The van der Waals surface area contributed by atoms with E-state index in [0.29, 0.717) is 30.8 Å². The number of hydrogen-bond acceptors (Lipinski definition) is 4. The second kappa shape index (κ2) is 6.25. The van der Waals surface area contributed by atoms with Crippen LogP contribution in [0.25, 0.3) is 0 Å². The van der Waals surface area contributed by atoms with Gasteiger partial charge in [-0.05, 0) is 25.0 Å². The summed E-state index contributed by atoms with van der Waals surface area (Å²) >= 11 is 0. The fourth-order valence-electron chi connectivity index (χ4n) is 1.72. The minimum absolute atomic E-state index is 0.0238. The Morgan fingerprint density at radius 2 is 2.06 bits per heavy atom. The highest BCUT2D eigenvalue weighted by atomic mass is 16.5. The van der Waals surface area contributed by atoms with Crippen LogP contribution in [0.4, 0.5) is 0 Å². The summed E-state index contributed by atoms with van der Waals surface area (Å²) in [6, 6.07) is 3.19. The number of benzene rings is 1. The summed E-state index contributed by atoms with van der Waals surface area (Å²) in [4.78, 5) is 11.9. The number of ether oxygens (including phenoxy) is 2. The van der Waals surface area contributed by atoms with Crippen LogP contribution in [-0.4, -0.2) is 31.7 Å². The van der Waals surface area contributed by atoms with Crippen molar-refractivity contribution < 1.29 is 19.4 Å². The first-order valence-electron chi connectivity index (χ1n) is 5.50. The first kappa shape index (κ1) is 13.5. The van der Waals surface area contributed by atoms with Gasteiger partial charge in [0.2, 0.25) is 0 Å². The van der Waals surface area contributed by atoms with Gasteiger partial charge < -0.3 is 14.6 Å². The first-order valence-corrected chi connectivity index (χ1v) is 5.50. The third kappa shape index (κ3) is 3.46. The molecule has 0 aliphatic heterocycles. The monoisotopic (exact) mass is 238 g/mol. The van der Waals surface area contributed by atoms with Crippen LogP contribution in [-0.2, 0) is 4.74 Å². The minimum Gasteiger partial charge on any atom is -0.507 e. The van der Waals surface area contributed by atoms with Crippen molar-refractivity contribution >= 4 is 5.78 Å². The molecule has 0 heterocycles. The van der Waals surface area contributed by atoms with Crippen LogP contribution in [0.5, 0.6) is 11.5 Å². The summed E-state index contributed by atoms with van der Waals surface area (Å²) in [6.45, 7) is 2.33. The number of phenolic OH excluding ortho intramolecular Hbond substituents is 1. The molecule has 1 aromatic rings. The standard InChI is InChI=1S/C13H18O4/c1-9-7-10(17-3)8-12(15)13(9)11(14)5-4-6-16-2/h7-8,15H,4-6H2,1-3H3. The van der Waals surface area contributed by atoms with E-state index in [2.05, 4.69) is 0 Å². The summed E-state index contributed by atoms with van der Waals surface area (Å²) in [5.74, 6) is 0.456. The molecule has 17 heavy (non-hydrogen) atoms. The number of carbonyl (C=O) groups excluding carboxylic acids is 1. The molecule has 94 valence electrons. The van der Waals surface area contributed by atoms with Gasteiger partial charge in [-0.1, -0.05) is 0 Å². The average molecular weight is 238 g/mol. The molecule has 0 bridgehead atoms. The predicted molar refractivity (Wildman–Crippen MR) is 64.8 cm³/mol. The Bertz CT molecular complexity index is 375. The second-order valence-corrected chi connectivity index (χ2v) is 3.86. The van der Waals surface area contributed by atoms with E-state index in [1.165, 1.54) is 13.2 Å². The summed E-state index contributed by atoms with van der Waals surface area (Å²) in [5.41, 5.74) is 1.10. The van der Waals surface area contributed by atoms with Gasteiger partial charge in [0.1, 0.15) is 11.5 Å². The van der Waals surface area contributed by atoms with E-state index in [-0.39, 0.29) is 11.5 Å². The van der Waals surface area contributed by atoms with Crippen LogP contribution in [0.1, 0.15) is 28.8 Å². The molecule has 4 heteroatoms. The van der Waals surface area contributed by atoms with Crippen molar-refractivity contribution in [3.8, 4) is 11.5 Å². The Labute approximate surface area is 101 Å². The zero-order valence-corrected chi connectivity index (χ0v) is 10.4. The summed E-state index contributed by atoms with van der Waals surface area (Å²) in [6.07, 6.45) is 1.02. The van der Waals surface area contributed by atoms with E-state index < -0.39 is 0 Å². The zero-order valence-electron chi connectivity index (χ0n) is 10.4. The molecule has 0 aliphatic rings. The van der Waals surface area contributed by atoms with Crippen molar-refractivity contribution in [3.05, 3.63) is 23.3 Å². The molecule has 0 radical (unpaired) electrons. The topological polar surface area (TPSA) is 55.8 Å². The molecular weight excluding hydrogens is 220 g/mol. The molecule has 1 rings (SSSR count). The van der Waals surface area contributed by atoms with Crippen molar-refractivity contribution in [2.24, 2.45) is 0 Å². The fraction of sp³-hybridized carbons (Fsp3) is 0.462. The molecule has 0 saturated heterocycles. The molecular formula is C13H18O4. The lowest BCUT2D eigenvalue weighted by Gasteiger charge is -2.09. The molecule has 0 aromatic heterocycles. The van der Waals surface area contributed by atoms with Crippen LogP contribution in [0, 0.1) is 6.92 Å². The highest BCUT2D eigenvalue weighted by Gasteiger charge is 2.15. The number of carbonyl (C=O) groups is 1. The Morgan fingerprint density at radius 3 is 2.59 bits per heavy atom. The van der Waals surface area contributed by atoms with Crippen LogP contribution >= 0.6 is 0 Å². The third-order valence-corrected chi connectivity index (χ3v) is 2.56. The van der Waals surface area contributed by atoms with Crippen molar-refractivity contribution in [1.29, 1.82) is 0 Å². The van der Waals surface area contributed by atoms with Gasteiger partial charge in [0.05, 0.1) is 12.7 Å². The Hall–Kier alpha value is -1.55. The molecule has 4 nitrogen and oxygen atoms in total. The maximum Gasteiger partial charge on any atom is 0.166 e. The largest absolute Gasteiger partial charge is 0.507 e. The van der Waals surface area contributed by atoms with Gasteiger partial charge >= 0.3 is 0 Å². The number of phenols is 1. The van der Waals surface area contributed by atoms with E-state index >= 15 is 0 Å². The Kier molecular flexibility index (Phi) is 4.97. The smallest absolute Gasteiger partial charge is 0.166 e. The van der Waals surface area contributed by atoms with Crippen molar-refractivity contribution in [1.82, 2.24) is 0 Å². The van der Waals surface area contributed by atoms with E-state index in [0.717, 1.165) is 5.56 Å². The van der Waals surface area contributed by atoms with Crippen molar-refractivity contribution in [2.75, 3.05) is 20.8 Å². The number of hydrogen-bond donors (Lipinski definition) is 1. The number of aryl methyl sites for hydroxylation is 1. The number of rotatable bonds is 6. The van der Waals surface area contributed by atoms with E-state index in [4.69, 9.17) is 9.47 Å². The number of aromatic hydroxyl groups is 1. The maximum atomic E-state index is 11.9. The van der Waals surface area contributed by atoms with E-state index in [9.17, 15) is 9.90 Å². The van der Waals surface area contributed by atoms with Crippen LogP contribution in [0.15, 0.2) is 12.1 Å². The molecule has 0 atom stereocenters. The average Bonchev–Trinajstić information content (AvgIpc) is 2.28. The van der Waals surface area contributed by atoms with E-state index in [1.54, 1.807) is 20.1 Å². The molecule has 0 saturated carbocycles. The van der Waals surface area contributed by atoms with Gasteiger partial charge in [0.25, 0.3) is 0 Å². The van der Waals surface area contributed by atoms with E-state index in [1.807, 2.05) is 0 Å². The number of ketones is 1. The highest BCUT2D eigenvalue weighted by molar-refractivity contribution is 6.00. The molecule has 1 N–H and O–H groups in total. The van der Waals surface area contributed by atoms with Crippen LogP contribution < -0.4 is 4.74 Å². The SMILES string of the molecule is COCCCC(=O)c1c(C)cc(OC)cc1O. The molecule has 0 spiro atoms. The second-order valence-electron chi connectivity index (χ2n) is 3.86. The van der Waals surface area contributed by atoms with Crippen LogP contribution in [0.3, 0.4) is 0 Å². The Balaban J connectivity index is 2.86. The maximum absolute atomic E-state index is 11.9. The van der Waals surface area contributed by atoms with Crippen molar-refractivity contribution in [3.63, 3.8) is 0 Å². The predicted octanol–water partition coefficient (Wildman–Crippen LogP) is 2.32. The van der Waals surface area contributed by atoms with Crippen LogP contribution in [0.2, 0.25) is 0 Å². The molecule has 0 unspecified atom stereocenters. The highest BCUT2D eigenvalue weighted by Crippen LogP contribution is 2.28. The summed E-state index contributed by atoms with van der Waals surface area (Å²) in [5, 5.41) is 9.80. The fourth-order valence-corrected chi connectivity index (χ4v) is 1.72. The lowest BCUT2D eigenvalue weighted by atomic mass is 10.00. The normalized spacial score (nSPS) is 10.3. The molecule has 0 aliphatic carbocycles.